The molecule has 2 aromatic heterocycles. The average Bonchev–Trinajstić information content (AvgIpc) is 3.07. The number of aryl methyl sites for hydroxylation is 1. The highest BCUT2D eigenvalue weighted by atomic mass is 35.5. The van der Waals surface area contributed by atoms with Crippen molar-refractivity contribution in [3.05, 3.63) is 58.7 Å². The molecule has 0 spiro atoms. The fourth-order valence-electron chi connectivity index (χ4n) is 2.60. The molecule has 0 aliphatic rings. The van der Waals surface area contributed by atoms with Crippen LogP contribution in [0.25, 0.3) is 16.7 Å². The molecule has 0 fully saturated rings. The molecule has 0 bridgehead atoms. The summed E-state index contributed by atoms with van der Waals surface area (Å²) >= 11 is 6.04. The number of rotatable bonds is 3. The van der Waals surface area contributed by atoms with Crippen LogP contribution in [-0.4, -0.2) is 30.9 Å². The van der Waals surface area contributed by atoms with Gasteiger partial charge in [0, 0.05) is 10.7 Å². The number of carbonyl (C=O) groups excluding carboxylic acids is 1. The van der Waals surface area contributed by atoms with E-state index in [1.165, 1.54) is 0 Å². The number of halogens is 1. The van der Waals surface area contributed by atoms with Crippen molar-refractivity contribution in [2.24, 2.45) is 0 Å². The highest BCUT2D eigenvalue weighted by molar-refractivity contribution is 6.31. The van der Waals surface area contributed by atoms with Crippen LogP contribution in [0.1, 0.15) is 11.3 Å². The predicted octanol–water partition coefficient (Wildman–Crippen LogP) is 2.82. The molecule has 2 heterocycles. The minimum atomic E-state index is -0.192. The van der Waals surface area contributed by atoms with Gasteiger partial charge in [-0.3, -0.25) is 4.79 Å². The number of aromatic nitrogens is 5. The van der Waals surface area contributed by atoms with Gasteiger partial charge in [-0.1, -0.05) is 29.3 Å². The number of carbonyl (C=O) groups is 1. The molecule has 0 aliphatic carbocycles. The Bertz CT molecular complexity index is 1090. The minimum Gasteiger partial charge on any atom is -0.326 e. The van der Waals surface area contributed by atoms with Gasteiger partial charge in [-0.15, -0.1) is 5.10 Å². The van der Waals surface area contributed by atoms with E-state index in [-0.39, 0.29) is 12.3 Å². The number of hydrogen-bond donors (Lipinski definition) is 1. The molecule has 1 N–H and O–H groups in total. The van der Waals surface area contributed by atoms with Crippen LogP contribution in [-0.2, 0) is 11.2 Å². The first-order valence-corrected chi connectivity index (χ1v) is 8.01. The zero-order chi connectivity index (χ0) is 17.4. The number of benzene rings is 2. The van der Waals surface area contributed by atoms with E-state index in [4.69, 9.17) is 11.6 Å². The fourth-order valence-corrected chi connectivity index (χ4v) is 2.77. The van der Waals surface area contributed by atoms with Gasteiger partial charge in [-0.25, -0.2) is 4.98 Å². The summed E-state index contributed by atoms with van der Waals surface area (Å²) < 4.78 is 1.56. The summed E-state index contributed by atoms with van der Waals surface area (Å²) in [5.41, 5.74) is 4.16. The third-order valence-corrected chi connectivity index (χ3v) is 4.05. The van der Waals surface area contributed by atoms with Crippen molar-refractivity contribution in [1.82, 2.24) is 25.0 Å². The second kappa shape index (κ2) is 6.10. The summed E-state index contributed by atoms with van der Waals surface area (Å²) in [5.74, 6) is -0.192. The zero-order valence-electron chi connectivity index (χ0n) is 13.3. The van der Waals surface area contributed by atoms with Crippen LogP contribution in [0.5, 0.6) is 0 Å². The second-order valence-electron chi connectivity index (χ2n) is 5.70. The highest BCUT2D eigenvalue weighted by Crippen LogP contribution is 2.20. The quantitative estimate of drug-likeness (QED) is 0.612. The SMILES string of the molecule is Cc1ccc(NC(=O)Cc2nc3cc(Cl)ccc3n3nnnc23)cc1. The molecule has 0 radical (unpaired) electrons. The van der Waals surface area contributed by atoms with Gasteiger partial charge in [0.1, 0.15) is 0 Å². The van der Waals surface area contributed by atoms with Crippen molar-refractivity contribution in [1.29, 1.82) is 0 Å². The molecule has 0 unspecified atom stereocenters. The van der Waals surface area contributed by atoms with E-state index < -0.39 is 0 Å². The predicted molar refractivity (Wildman–Crippen MR) is 94.6 cm³/mol. The minimum absolute atomic E-state index is 0.0558. The Morgan fingerprint density at radius 1 is 1.20 bits per heavy atom. The Kier molecular flexibility index (Phi) is 3.77. The molecule has 124 valence electrons. The van der Waals surface area contributed by atoms with Gasteiger partial charge in [0.25, 0.3) is 0 Å². The van der Waals surface area contributed by atoms with E-state index in [1.54, 1.807) is 22.7 Å². The van der Waals surface area contributed by atoms with E-state index in [0.29, 0.717) is 21.9 Å². The molecule has 4 aromatic rings. The van der Waals surface area contributed by atoms with Crippen LogP contribution in [0.15, 0.2) is 42.5 Å². The lowest BCUT2D eigenvalue weighted by Crippen LogP contribution is -2.16. The molecular formula is C17H13ClN6O. The summed E-state index contributed by atoms with van der Waals surface area (Å²) in [7, 11) is 0. The normalized spacial score (nSPS) is 11.1. The Hall–Kier alpha value is -3.06. The first-order valence-electron chi connectivity index (χ1n) is 7.63. The molecule has 0 aliphatic heterocycles. The third kappa shape index (κ3) is 3.01. The topological polar surface area (TPSA) is 85.1 Å². The van der Waals surface area contributed by atoms with Crippen LogP contribution >= 0.6 is 11.6 Å². The second-order valence-corrected chi connectivity index (χ2v) is 6.13. The number of nitrogens with zero attached hydrogens (tertiary/aromatic N) is 5. The van der Waals surface area contributed by atoms with Crippen molar-refractivity contribution < 1.29 is 4.79 Å². The summed E-state index contributed by atoms with van der Waals surface area (Å²) in [4.78, 5) is 16.9. The van der Waals surface area contributed by atoms with Crippen LogP contribution in [0.2, 0.25) is 5.02 Å². The standard InChI is InChI=1S/C17H13ClN6O/c1-10-2-5-12(6-3-10)19-16(25)9-14-17-21-22-23-24(17)15-7-4-11(18)8-13(15)20-14/h2-8H,9H2,1H3,(H,19,25). The molecule has 25 heavy (non-hydrogen) atoms. The molecule has 8 heteroatoms. The van der Waals surface area contributed by atoms with Crippen molar-refractivity contribution in [3.63, 3.8) is 0 Å². The summed E-state index contributed by atoms with van der Waals surface area (Å²) in [6.45, 7) is 1.99. The number of tetrazole rings is 1. The molecule has 7 nitrogen and oxygen atoms in total. The van der Waals surface area contributed by atoms with E-state index in [9.17, 15) is 4.79 Å². The number of anilines is 1. The van der Waals surface area contributed by atoms with Crippen LogP contribution < -0.4 is 5.32 Å². The smallest absolute Gasteiger partial charge is 0.230 e. The summed E-state index contributed by atoms with van der Waals surface area (Å²) in [6, 6.07) is 12.9. The number of nitrogens with one attached hydrogen (secondary N) is 1. The molecule has 2 aromatic carbocycles. The van der Waals surface area contributed by atoms with Crippen molar-refractivity contribution in [3.8, 4) is 0 Å². The number of amides is 1. The average molecular weight is 353 g/mol. The molecule has 0 saturated heterocycles. The van der Waals surface area contributed by atoms with Crippen molar-refractivity contribution >= 4 is 39.9 Å². The van der Waals surface area contributed by atoms with Gasteiger partial charge in [-0.2, -0.15) is 4.52 Å². The number of hydrogen-bond acceptors (Lipinski definition) is 5. The van der Waals surface area contributed by atoms with E-state index >= 15 is 0 Å². The maximum absolute atomic E-state index is 12.4. The van der Waals surface area contributed by atoms with Crippen molar-refractivity contribution in [2.75, 3.05) is 5.32 Å². The van der Waals surface area contributed by atoms with Gasteiger partial charge in [0.15, 0.2) is 0 Å². The third-order valence-electron chi connectivity index (χ3n) is 3.81. The van der Waals surface area contributed by atoms with Crippen LogP contribution in [0.4, 0.5) is 5.69 Å². The lowest BCUT2D eigenvalue weighted by Gasteiger charge is -2.07. The number of fused-ring (bicyclic) bond motifs is 3. The lowest BCUT2D eigenvalue weighted by molar-refractivity contribution is -0.115. The van der Waals surface area contributed by atoms with Gasteiger partial charge in [0.05, 0.1) is 23.1 Å². The Morgan fingerprint density at radius 3 is 2.80 bits per heavy atom. The zero-order valence-corrected chi connectivity index (χ0v) is 14.0. The molecule has 4 rings (SSSR count). The molecular weight excluding hydrogens is 340 g/mol. The maximum Gasteiger partial charge on any atom is 0.230 e. The monoisotopic (exact) mass is 352 g/mol. The largest absolute Gasteiger partial charge is 0.326 e. The molecule has 0 saturated carbocycles. The maximum atomic E-state index is 12.4. The Labute approximate surface area is 147 Å². The van der Waals surface area contributed by atoms with Gasteiger partial charge >= 0.3 is 0 Å². The summed E-state index contributed by atoms with van der Waals surface area (Å²) in [6.07, 6.45) is 0.0558. The van der Waals surface area contributed by atoms with Crippen LogP contribution in [0, 0.1) is 6.92 Å². The first kappa shape index (κ1) is 15.5. The van der Waals surface area contributed by atoms with Gasteiger partial charge in [0.2, 0.25) is 11.6 Å². The lowest BCUT2D eigenvalue weighted by atomic mass is 10.2. The highest BCUT2D eigenvalue weighted by Gasteiger charge is 2.15. The van der Waals surface area contributed by atoms with E-state index in [1.807, 2.05) is 31.2 Å². The van der Waals surface area contributed by atoms with E-state index in [2.05, 4.69) is 25.8 Å². The van der Waals surface area contributed by atoms with Crippen molar-refractivity contribution in [2.45, 2.75) is 13.3 Å². The Morgan fingerprint density at radius 2 is 2.00 bits per heavy atom. The Balaban J connectivity index is 1.68. The van der Waals surface area contributed by atoms with Gasteiger partial charge in [-0.05, 0) is 47.7 Å². The summed E-state index contributed by atoms with van der Waals surface area (Å²) in [5, 5.41) is 15.1. The van der Waals surface area contributed by atoms with Crippen LogP contribution in [0.3, 0.4) is 0 Å². The first-order chi connectivity index (χ1) is 12.1. The fraction of sp³-hybridized carbons (Fsp3) is 0.118. The molecule has 1 amide bonds. The molecule has 0 atom stereocenters. The van der Waals surface area contributed by atoms with Gasteiger partial charge < -0.3 is 5.32 Å². The van der Waals surface area contributed by atoms with E-state index in [0.717, 1.165) is 16.8 Å².